The third-order valence-corrected chi connectivity index (χ3v) is 2.51. The molecule has 0 aromatic heterocycles. The molecule has 0 atom stereocenters. The lowest BCUT2D eigenvalue weighted by Gasteiger charge is -2.05. The van der Waals surface area contributed by atoms with Crippen LogP contribution in [-0.2, 0) is 0 Å². The van der Waals surface area contributed by atoms with Crippen LogP contribution in [-0.4, -0.2) is 16.2 Å². The van der Waals surface area contributed by atoms with Crippen LogP contribution in [0.25, 0.3) is 0 Å². The molecule has 0 heterocycles. The van der Waals surface area contributed by atoms with E-state index in [0.29, 0.717) is 9.26 Å². The number of nitrogens with one attached hydrogen (secondary N) is 1. The third kappa shape index (κ3) is 2.81. The van der Waals surface area contributed by atoms with E-state index in [9.17, 15) is 4.79 Å². The summed E-state index contributed by atoms with van der Waals surface area (Å²) < 4.78 is 0.670. The van der Waals surface area contributed by atoms with Gasteiger partial charge in [0.25, 0.3) is 0 Å². The zero-order valence-electron chi connectivity index (χ0n) is 6.95. The molecule has 0 aliphatic heterocycles. The summed E-state index contributed by atoms with van der Waals surface area (Å²) in [5.74, 6) is -0.971. The molecule has 0 aliphatic carbocycles. The van der Waals surface area contributed by atoms with Crippen LogP contribution in [0.5, 0.6) is 0 Å². The number of carboxylic acids is 1. The van der Waals surface area contributed by atoms with Gasteiger partial charge in [0, 0.05) is 9.26 Å². The van der Waals surface area contributed by atoms with E-state index in [1.165, 1.54) is 6.07 Å². The fourth-order valence-corrected chi connectivity index (χ4v) is 1.59. The quantitative estimate of drug-likeness (QED) is 0.570. The first-order valence-corrected chi connectivity index (χ1v) is 5.08. The zero-order chi connectivity index (χ0) is 10.7. The van der Waals surface area contributed by atoms with Gasteiger partial charge < -0.3 is 16.2 Å². The van der Waals surface area contributed by atoms with Crippen molar-refractivity contribution in [3.8, 4) is 0 Å². The van der Waals surface area contributed by atoms with Crippen LogP contribution in [0, 0.1) is 3.57 Å². The van der Waals surface area contributed by atoms with Gasteiger partial charge in [0.15, 0.2) is 5.11 Å². The highest BCUT2D eigenvalue weighted by molar-refractivity contribution is 14.1. The Labute approximate surface area is 99.6 Å². The first kappa shape index (κ1) is 11.2. The van der Waals surface area contributed by atoms with Crippen LogP contribution in [0.4, 0.5) is 5.69 Å². The van der Waals surface area contributed by atoms with E-state index in [4.69, 9.17) is 10.8 Å². The van der Waals surface area contributed by atoms with Gasteiger partial charge in [0.05, 0.1) is 5.56 Å². The van der Waals surface area contributed by atoms with Crippen molar-refractivity contribution in [2.45, 2.75) is 0 Å². The van der Waals surface area contributed by atoms with E-state index >= 15 is 0 Å². The smallest absolute Gasteiger partial charge is 0.336 e. The molecule has 0 fully saturated rings. The second kappa shape index (κ2) is 4.56. The normalized spacial score (nSPS) is 9.50. The van der Waals surface area contributed by atoms with Gasteiger partial charge in [0.1, 0.15) is 0 Å². The number of carbonyl (C=O) groups is 1. The minimum absolute atomic E-state index is 0.113. The first-order valence-electron chi connectivity index (χ1n) is 3.60. The molecule has 1 aromatic carbocycles. The number of hydrogen-bond donors (Lipinski definition) is 3. The van der Waals surface area contributed by atoms with E-state index in [1.807, 2.05) is 22.6 Å². The Bertz CT molecular complexity index is 395. The molecule has 0 saturated carbocycles. The Morgan fingerprint density at radius 3 is 2.71 bits per heavy atom. The SMILES string of the molecule is NC(=S)Nc1ccc(I)c(C(=O)O)c1. The topological polar surface area (TPSA) is 75.3 Å². The fraction of sp³-hybridized carbons (Fsp3) is 0. The van der Waals surface area contributed by atoms with Gasteiger partial charge in [-0.2, -0.15) is 0 Å². The molecule has 0 aliphatic rings. The van der Waals surface area contributed by atoms with Crippen LogP contribution in [0.15, 0.2) is 18.2 Å². The summed E-state index contributed by atoms with van der Waals surface area (Å²) in [7, 11) is 0. The van der Waals surface area contributed by atoms with Crippen LogP contribution in [0.3, 0.4) is 0 Å². The Morgan fingerprint density at radius 2 is 2.21 bits per heavy atom. The summed E-state index contributed by atoms with van der Waals surface area (Å²) in [6.45, 7) is 0. The van der Waals surface area contributed by atoms with Crippen LogP contribution < -0.4 is 11.1 Å². The van der Waals surface area contributed by atoms with Crippen LogP contribution in [0.2, 0.25) is 0 Å². The summed E-state index contributed by atoms with van der Waals surface area (Å²) >= 11 is 6.59. The average molecular weight is 322 g/mol. The molecule has 14 heavy (non-hydrogen) atoms. The van der Waals surface area contributed by atoms with Crippen molar-refractivity contribution in [3.05, 3.63) is 27.3 Å². The maximum atomic E-state index is 10.8. The molecular weight excluding hydrogens is 315 g/mol. The number of anilines is 1. The molecule has 0 radical (unpaired) electrons. The van der Waals surface area contributed by atoms with E-state index < -0.39 is 5.97 Å². The molecule has 0 saturated heterocycles. The van der Waals surface area contributed by atoms with Crippen LogP contribution in [0.1, 0.15) is 10.4 Å². The number of halogens is 1. The lowest BCUT2D eigenvalue weighted by molar-refractivity contribution is 0.0696. The molecule has 4 nitrogen and oxygen atoms in total. The fourth-order valence-electron chi connectivity index (χ4n) is 0.909. The van der Waals surface area contributed by atoms with Crippen LogP contribution >= 0.6 is 34.8 Å². The summed E-state index contributed by atoms with van der Waals surface area (Å²) in [5.41, 5.74) is 6.07. The number of carboxylic acid groups (broad SMARTS) is 1. The average Bonchev–Trinajstić information content (AvgIpc) is 2.07. The number of nitrogens with two attached hydrogens (primary N) is 1. The minimum Gasteiger partial charge on any atom is -0.478 e. The number of rotatable bonds is 2. The summed E-state index contributed by atoms with van der Waals surface area (Å²) in [4.78, 5) is 10.8. The van der Waals surface area contributed by atoms with Crippen molar-refractivity contribution in [2.75, 3.05) is 5.32 Å². The standard InChI is InChI=1S/C8H7IN2O2S/c9-6-2-1-4(11-8(10)14)3-5(6)7(12)13/h1-3H,(H,12,13)(H3,10,11,14). The number of aromatic carboxylic acids is 1. The van der Waals surface area contributed by atoms with Crippen molar-refractivity contribution in [1.82, 2.24) is 0 Å². The highest BCUT2D eigenvalue weighted by Gasteiger charge is 2.08. The number of thiocarbonyl (C=S) groups is 1. The third-order valence-electron chi connectivity index (χ3n) is 1.46. The van der Waals surface area contributed by atoms with Gasteiger partial charge in [0.2, 0.25) is 0 Å². The monoisotopic (exact) mass is 322 g/mol. The van der Waals surface area contributed by atoms with E-state index in [-0.39, 0.29) is 10.7 Å². The molecule has 4 N–H and O–H groups in total. The van der Waals surface area contributed by atoms with E-state index in [1.54, 1.807) is 12.1 Å². The molecule has 0 unspecified atom stereocenters. The molecule has 0 bridgehead atoms. The van der Waals surface area contributed by atoms with Crippen molar-refractivity contribution in [1.29, 1.82) is 0 Å². The molecule has 6 heteroatoms. The lowest BCUT2D eigenvalue weighted by atomic mass is 10.2. The highest BCUT2D eigenvalue weighted by Crippen LogP contribution is 2.17. The van der Waals surface area contributed by atoms with Gasteiger partial charge in [-0.05, 0) is 53.0 Å². The lowest BCUT2D eigenvalue weighted by Crippen LogP contribution is -2.19. The minimum atomic E-state index is -0.971. The first-order chi connectivity index (χ1) is 6.50. The maximum Gasteiger partial charge on any atom is 0.336 e. The van der Waals surface area contributed by atoms with Gasteiger partial charge in [-0.15, -0.1) is 0 Å². The van der Waals surface area contributed by atoms with Gasteiger partial charge >= 0.3 is 5.97 Å². The largest absolute Gasteiger partial charge is 0.478 e. The van der Waals surface area contributed by atoms with Crippen molar-refractivity contribution < 1.29 is 9.90 Å². The predicted molar refractivity (Wildman–Crippen MR) is 66.5 cm³/mol. The number of benzene rings is 1. The summed E-state index contributed by atoms with van der Waals surface area (Å²) in [5, 5.41) is 11.6. The predicted octanol–water partition coefficient (Wildman–Crippen LogP) is 1.64. The molecule has 74 valence electrons. The van der Waals surface area contributed by atoms with Gasteiger partial charge in [-0.1, -0.05) is 0 Å². The Hall–Kier alpha value is -0.890. The van der Waals surface area contributed by atoms with Gasteiger partial charge in [-0.25, -0.2) is 4.79 Å². The Balaban J connectivity index is 3.06. The molecule has 1 rings (SSSR count). The maximum absolute atomic E-state index is 10.8. The highest BCUT2D eigenvalue weighted by atomic mass is 127. The van der Waals surface area contributed by atoms with Crippen molar-refractivity contribution in [3.63, 3.8) is 0 Å². The summed E-state index contributed by atoms with van der Waals surface area (Å²) in [6.07, 6.45) is 0. The Morgan fingerprint density at radius 1 is 1.57 bits per heavy atom. The van der Waals surface area contributed by atoms with E-state index in [2.05, 4.69) is 17.5 Å². The number of hydrogen-bond acceptors (Lipinski definition) is 2. The Kier molecular flexibility index (Phi) is 3.64. The zero-order valence-corrected chi connectivity index (χ0v) is 9.93. The molecule has 0 amide bonds. The second-order valence-corrected chi connectivity index (χ2v) is 4.09. The van der Waals surface area contributed by atoms with Gasteiger partial charge in [-0.3, -0.25) is 0 Å². The second-order valence-electron chi connectivity index (χ2n) is 2.49. The van der Waals surface area contributed by atoms with E-state index in [0.717, 1.165) is 0 Å². The van der Waals surface area contributed by atoms with Crippen molar-refractivity contribution >= 4 is 51.6 Å². The molecule has 1 aromatic rings. The summed E-state index contributed by atoms with van der Waals surface area (Å²) in [6, 6.07) is 4.89. The molecular formula is C8H7IN2O2S. The van der Waals surface area contributed by atoms with Crippen molar-refractivity contribution in [2.24, 2.45) is 5.73 Å². The molecule has 0 spiro atoms.